The number of fused-ring (bicyclic) bond motifs is 1. The molecule has 1 fully saturated rings. The summed E-state index contributed by atoms with van der Waals surface area (Å²) in [5.74, 6) is 1.92. The lowest BCUT2D eigenvalue weighted by Gasteiger charge is -2.23. The van der Waals surface area contributed by atoms with Crippen LogP contribution in [-0.4, -0.2) is 27.6 Å². The van der Waals surface area contributed by atoms with Gasteiger partial charge in [-0.1, -0.05) is 56.1 Å². The Morgan fingerprint density at radius 2 is 1.78 bits per heavy atom. The van der Waals surface area contributed by atoms with Crippen molar-refractivity contribution in [3.05, 3.63) is 51.9 Å². The lowest BCUT2D eigenvalue weighted by Crippen LogP contribution is -2.23. The molecule has 0 spiro atoms. The molecule has 1 saturated heterocycles. The zero-order valence-electron chi connectivity index (χ0n) is 16.0. The second-order valence-electron chi connectivity index (χ2n) is 8.21. The highest BCUT2D eigenvalue weighted by Gasteiger charge is 2.25. The van der Waals surface area contributed by atoms with Crippen LogP contribution < -0.4 is 4.90 Å². The molecule has 0 saturated carbocycles. The maximum Gasteiger partial charge on any atom is 0.146 e. The molecule has 0 N–H and O–H groups in total. The summed E-state index contributed by atoms with van der Waals surface area (Å²) in [6, 6.07) is 7.87. The number of halogens is 2. The van der Waals surface area contributed by atoms with Gasteiger partial charge in [-0.2, -0.15) is 0 Å². The second kappa shape index (κ2) is 6.99. The summed E-state index contributed by atoms with van der Waals surface area (Å²) in [7, 11) is 0. The third-order valence-electron chi connectivity index (χ3n) is 5.05. The van der Waals surface area contributed by atoms with Crippen LogP contribution in [0.4, 0.5) is 5.82 Å². The van der Waals surface area contributed by atoms with Crippen LogP contribution in [0.1, 0.15) is 45.0 Å². The first kappa shape index (κ1) is 18.6. The van der Waals surface area contributed by atoms with Crippen molar-refractivity contribution in [3.63, 3.8) is 0 Å². The molecule has 0 aliphatic carbocycles. The summed E-state index contributed by atoms with van der Waals surface area (Å²) in [5.41, 5.74) is 1.82. The van der Waals surface area contributed by atoms with E-state index in [4.69, 9.17) is 33.2 Å². The van der Waals surface area contributed by atoms with E-state index in [9.17, 15) is 0 Å². The van der Waals surface area contributed by atoms with E-state index >= 15 is 0 Å². The fourth-order valence-electron chi connectivity index (χ4n) is 3.54. The molecule has 0 unspecified atom stereocenters. The third-order valence-corrected chi connectivity index (χ3v) is 5.91. The molecule has 4 rings (SSSR count). The summed E-state index contributed by atoms with van der Waals surface area (Å²) < 4.78 is 2.14. The first-order valence-electron chi connectivity index (χ1n) is 9.40. The van der Waals surface area contributed by atoms with E-state index in [-0.39, 0.29) is 5.41 Å². The Bertz CT molecular complexity index is 982. The Labute approximate surface area is 170 Å². The van der Waals surface area contributed by atoms with Gasteiger partial charge in [-0.3, -0.25) is 0 Å². The van der Waals surface area contributed by atoms with Crippen molar-refractivity contribution in [2.24, 2.45) is 0 Å². The number of hydrogen-bond donors (Lipinski definition) is 0. The van der Waals surface area contributed by atoms with Crippen LogP contribution >= 0.6 is 23.2 Å². The fourth-order valence-corrected chi connectivity index (χ4v) is 3.92. The molecular weight excluding hydrogens is 379 g/mol. The molecule has 4 nitrogen and oxygen atoms in total. The Morgan fingerprint density at radius 1 is 1.04 bits per heavy atom. The van der Waals surface area contributed by atoms with Crippen molar-refractivity contribution in [1.29, 1.82) is 0 Å². The van der Waals surface area contributed by atoms with Gasteiger partial charge in [0.25, 0.3) is 0 Å². The van der Waals surface area contributed by atoms with Crippen LogP contribution in [0, 0.1) is 0 Å². The summed E-state index contributed by atoms with van der Waals surface area (Å²) in [6.45, 7) is 9.21. The highest BCUT2D eigenvalue weighted by atomic mass is 35.5. The molecule has 3 heterocycles. The summed E-state index contributed by atoms with van der Waals surface area (Å²) >= 11 is 12.6. The summed E-state index contributed by atoms with van der Waals surface area (Å²) in [4.78, 5) is 12.3. The van der Waals surface area contributed by atoms with Crippen molar-refractivity contribution in [1.82, 2.24) is 14.5 Å². The van der Waals surface area contributed by atoms with Gasteiger partial charge in [0, 0.05) is 24.7 Å². The van der Waals surface area contributed by atoms with E-state index in [0.717, 1.165) is 41.3 Å². The maximum absolute atomic E-state index is 6.41. The normalized spacial score (nSPS) is 15.1. The van der Waals surface area contributed by atoms with E-state index in [0.29, 0.717) is 16.6 Å². The zero-order chi connectivity index (χ0) is 19.2. The molecule has 1 aliphatic rings. The largest absolute Gasteiger partial charge is 0.356 e. The Balaban J connectivity index is 1.85. The lowest BCUT2D eigenvalue weighted by molar-refractivity contribution is 0.546. The number of benzene rings is 1. The molecule has 1 aromatic carbocycles. The predicted octanol–water partition coefficient (Wildman–Crippen LogP) is 5.68. The summed E-state index contributed by atoms with van der Waals surface area (Å²) in [6.07, 6.45) is 4.51. The van der Waals surface area contributed by atoms with Gasteiger partial charge in [-0.25, -0.2) is 9.97 Å². The van der Waals surface area contributed by atoms with Crippen LogP contribution in [0.15, 0.2) is 30.5 Å². The highest BCUT2D eigenvalue weighted by molar-refractivity contribution is 6.42. The van der Waals surface area contributed by atoms with E-state index in [2.05, 4.69) is 42.5 Å². The van der Waals surface area contributed by atoms with Crippen LogP contribution in [0.2, 0.25) is 10.0 Å². The number of hydrogen-bond acceptors (Lipinski definition) is 3. The smallest absolute Gasteiger partial charge is 0.146 e. The van der Waals surface area contributed by atoms with E-state index in [1.165, 1.54) is 12.8 Å². The van der Waals surface area contributed by atoms with Gasteiger partial charge in [0.2, 0.25) is 0 Å². The van der Waals surface area contributed by atoms with Crippen LogP contribution in [0.3, 0.4) is 0 Å². The number of aromatic nitrogens is 3. The first-order valence-corrected chi connectivity index (χ1v) is 10.2. The highest BCUT2D eigenvalue weighted by Crippen LogP contribution is 2.32. The molecule has 0 bridgehead atoms. The van der Waals surface area contributed by atoms with Gasteiger partial charge >= 0.3 is 0 Å². The van der Waals surface area contributed by atoms with Crippen LogP contribution in [-0.2, 0) is 12.0 Å². The lowest BCUT2D eigenvalue weighted by atomic mass is 9.95. The van der Waals surface area contributed by atoms with Gasteiger partial charge in [-0.15, -0.1) is 0 Å². The van der Waals surface area contributed by atoms with Gasteiger partial charge in [0.05, 0.1) is 22.0 Å². The SMILES string of the molecule is CC(C)(C)c1nc(N2CCCC2)c2ccn(Cc3cccc(Cl)c3Cl)c2n1. The molecule has 0 atom stereocenters. The van der Waals surface area contributed by atoms with Gasteiger partial charge in [0.1, 0.15) is 17.3 Å². The third kappa shape index (κ3) is 3.53. The van der Waals surface area contributed by atoms with E-state index in [1.807, 2.05) is 18.2 Å². The molecule has 3 aromatic rings. The van der Waals surface area contributed by atoms with Crippen molar-refractivity contribution in [2.45, 2.75) is 45.6 Å². The minimum Gasteiger partial charge on any atom is -0.356 e. The molecule has 0 radical (unpaired) electrons. The minimum absolute atomic E-state index is 0.120. The number of anilines is 1. The Morgan fingerprint density at radius 3 is 2.48 bits per heavy atom. The zero-order valence-corrected chi connectivity index (χ0v) is 17.5. The number of rotatable bonds is 3. The van der Waals surface area contributed by atoms with E-state index < -0.39 is 0 Å². The van der Waals surface area contributed by atoms with Crippen LogP contribution in [0.5, 0.6) is 0 Å². The van der Waals surface area contributed by atoms with E-state index in [1.54, 1.807) is 0 Å². The van der Waals surface area contributed by atoms with Gasteiger partial charge in [0.15, 0.2) is 0 Å². The summed E-state index contributed by atoms with van der Waals surface area (Å²) in [5, 5.41) is 2.28. The Hall–Kier alpha value is -1.78. The molecule has 0 amide bonds. The minimum atomic E-state index is -0.120. The Kier molecular flexibility index (Phi) is 4.81. The van der Waals surface area contributed by atoms with Crippen LogP contribution in [0.25, 0.3) is 11.0 Å². The van der Waals surface area contributed by atoms with Crippen molar-refractivity contribution < 1.29 is 0 Å². The van der Waals surface area contributed by atoms with Gasteiger partial charge in [-0.05, 0) is 30.5 Å². The molecule has 27 heavy (non-hydrogen) atoms. The first-order chi connectivity index (χ1) is 12.8. The molecule has 142 valence electrons. The van der Waals surface area contributed by atoms with Crippen molar-refractivity contribution in [2.75, 3.05) is 18.0 Å². The predicted molar refractivity (Wildman–Crippen MR) is 113 cm³/mol. The topological polar surface area (TPSA) is 34.0 Å². The quantitative estimate of drug-likeness (QED) is 0.564. The molecular formula is C21H24Cl2N4. The standard InChI is InChI=1S/C21H24Cl2N4/c1-21(2,3)20-24-18(26-10-4-5-11-26)15-9-12-27(19(15)25-20)13-14-7-6-8-16(22)17(14)23/h6-9,12H,4-5,10-11,13H2,1-3H3. The maximum atomic E-state index is 6.41. The molecule has 6 heteroatoms. The monoisotopic (exact) mass is 402 g/mol. The number of nitrogens with zero attached hydrogens (tertiary/aromatic N) is 4. The molecule has 2 aromatic heterocycles. The van der Waals surface area contributed by atoms with Crippen molar-refractivity contribution >= 4 is 40.1 Å². The molecule has 1 aliphatic heterocycles. The average Bonchev–Trinajstić information content (AvgIpc) is 3.27. The van der Waals surface area contributed by atoms with Crippen molar-refractivity contribution in [3.8, 4) is 0 Å². The van der Waals surface area contributed by atoms with Gasteiger partial charge < -0.3 is 9.47 Å². The fraction of sp³-hybridized carbons (Fsp3) is 0.429. The second-order valence-corrected chi connectivity index (χ2v) is 8.99. The average molecular weight is 403 g/mol.